The Morgan fingerprint density at radius 1 is 0.645 bits per heavy atom. The Balaban J connectivity index is 2.25. The molecule has 1 rings (SSSR count). The highest BCUT2D eigenvalue weighted by molar-refractivity contribution is 7.86. The third-order valence-corrected chi connectivity index (χ3v) is 9.15. The van der Waals surface area contributed by atoms with E-state index in [0.29, 0.717) is 12.8 Å². The summed E-state index contributed by atoms with van der Waals surface area (Å²) in [6, 6.07) is 10.2. The van der Waals surface area contributed by atoms with Crippen LogP contribution in [0.25, 0.3) is 0 Å². The highest BCUT2D eigenvalue weighted by atomic mass is 32.2. The molecule has 0 fully saturated rings. The van der Waals surface area contributed by atoms with Crippen LogP contribution in [0.15, 0.2) is 30.3 Å². The van der Waals surface area contributed by atoms with Gasteiger partial charge in [-0.05, 0) is 50.1 Å². The van der Waals surface area contributed by atoms with Crippen LogP contribution in [0, 0.1) is 0 Å². The van der Waals surface area contributed by atoms with Crippen molar-refractivity contribution in [2.45, 2.75) is 64.2 Å². The van der Waals surface area contributed by atoms with E-state index in [2.05, 4.69) is 17.4 Å². The zero-order valence-electron chi connectivity index (χ0n) is 18.3. The van der Waals surface area contributed by atoms with Gasteiger partial charge in [0.2, 0.25) is 0 Å². The fourth-order valence-electron chi connectivity index (χ4n) is 3.33. The summed E-state index contributed by atoms with van der Waals surface area (Å²) in [5.74, 6) is -0.296. The van der Waals surface area contributed by atoms with Gasteiger partial charge in [-0.3, -0.25) is 9.11 Å². The second kappa shape index (κ2) is 16.0. The lowest BCUT2D eigenvalue weighted by Gasteiger charge is -2.19. The van der Waals surface area contributed by atoms with Crippen LogP contribution in [0.1, 0.15) is 64.2 Å². The van der Waals surface area contributed by atoms with E-state index < -0.39 is 20.2 Å². The number of benzene rings is 1. The van der Waals surface area contributed by atoms with Gasteiger partial charge in [0.1, 0.15) is 0 Å². The van der Waals surface area contributed by atoms with E-state index in [1.807, 2.05) is 18.2 Å². The highest BCUT2D eigenvalue weighted by Gasteiger charge is 2.09. The lowest BCUT2D eigenvalue weighted by Crippen LogP contribution is -2.05. The van der Waals surface area contributed by atoms with Crippen LogP contribution in [0.2, 0.25) is 0 Å². The fraction of sp³-hybridized carbons (Fsp3) is 0.714. The van der Waals surface area contributed by atoms with E-state index in [4.69, 9.17) is 9.11 Å². The van der Waals surface area contributed by atoms with Crippen molar-refractivity contribution in [3.8, 4) is 0 Å². The van der Waals surface area contributed by atoms with Gasteiger partial charge in [-0.2, -0.15) is 16.8 Å². The molecule has 0 aliphatic rings. The molecule has 0 aliphatic carbocycles. The molecule has 1 aromatic carbocycles. The van der Waals surface area contributed by atoms with Crippen molar-refractivity contribution < 1.29 is 25.9 Å². The normalized spacial score (nSPS) is 12.4. The van der Waals surface area contributed by atoms with Crippen LogP contribution in [0.4, 0.5) is 5.69 Å². The van der Waals surface area contributed by atoms with Crippen LogP contribution >= 0.6 is 7.92 Å². The smallest absolute Gasteiger partial charge is 0.264 e. The van der Waals surface area contributed by atoms with Gasteiger partial charge in [0.25, 0.3) is 20.2 Å². The van der Waals surface area contributed by atoms with Crippen molar-refractivity contribution in [1.82, 2.24) is 0 Å². The highest BCUT2D eigenvalue weighted by Crippen LogP contribution is 2.38. The van der Waals surface area contributed by atoms with Crippen molar-refractivity contribution in [3.05, 3.63) is 30.3 Å². The summed E-state index contributed by atoms with van der Waals surface area (Å²) in [4.78, 5) is 0. The van der Waals surface area contributed by atoms with E-state index >= 15 is 0 Å². The molecule has 0 heterocycles. The van der Waals surface area contributed by atoms with Crippen LogP contribution < -0.4 is 5.32 Å². The van der Waals surface area contributed by atoms with Crippen LogP contribution in [0.5, 0.6) is 0 Å². The van der Waals surface area contributed by atoms with Gasteiger partial charge >= 0.3 is 0 Å². The number of hydrogen-bond acceptors (Lipinski definition) is 5. The lowest BCUT2D eigenvalue weighted by atomic mass is 10.2. The molecule has 0 aromatic heterocycles. The average Bonchev–Trinajstić information content (AvgIpc) is 2.69. The minimum Gasteiger partial charge on any atom is -0.381 e. The van der Waals surface area contributed by atoms with E-state index in [0.717, 1.165) is 63.3 Å². The maximum atomic E-state index is 10.7. The molecule has 0 unspecified atom stereocenters. The third-order valence-electron chi connectivity index (χ3n) is 5.03. The molecule has 3 N–H and O–H groups in total. The molecule has 0 amide bonds. The fourth-order valence-corrected chi connectivity index (χ4v) is 6.75. The maximum absolute atomic E-state index is 10.7. The van der Waals surface area contributed by atoms with Crippen molar-refractivity contribution >= 4 is 33.8 Å². The van der Waals surface area contributed by atoms with Crippen molar-refractivity contribution in [1.29, 1.82) is 0 Å². The molecular formula is C21H38NO6PS2. The summed E-state index contributed by atoms with van der Waals surface area (Å²) >= 11 is 0. The topological polar surface area (TPSA) is 121 Å². The number of unbranched alkanes of at least 4 members (excludes halogenated alkanes) is 8. The second-order valence-electron chi connectivity index (χ2n) is 7.93. The van der Waals surface area contributed by atoms with E-state index in [9.17, 15) is 16.8 Å². The first kappa shape index (κ1) is 28.3. The molecule has 0 radical (unpaired) electrons. The van der Waals surface area contributed by atoms with Crippen molar-refractivity contribution in [3.63, 3.8) is 0 Å². The molecule has 0 saturated heterocycles. The zero-order valence-corrected chi connectivity index (χ0v) is 20.8. The SMILES string of the molecule is O=S(=O)(O)CCCCCCCP(CCCCCCCS(=O)(=O)O)CNc1ccccc1. The largest absolute Gasteiger partial charge is 0.381 e. The van der Waals surface area contributed by atoms with Gasteiger partial charge in [-0.25, -0.2) is 0 Å². The third kappa shape index (κ3) is 18.5. The van der Waals surface area contributed by atoms with Crippen LogP contribution in [-0.2, 0) is 20.2 Å². The summed E-state index contributed by atoms with van der Waals surface area (Å²) < 4.78 is 60.5. The zero-order chi connectivity index (χ0) is 23.0. The number of anilines is 1. The van der Waals surface area contributed by atoms with Crippen LogP contribution in [-0.4, -0.2) is 56.1 Å². The molecule has 31 heavy (non-hydrogen) atoms. The Bertz CT molecular complexity index is 741. The van der Waals surface area contributed by atoms with Crippen LogP contribution in [0.3, 0.4) is 0 Å². The number of nitrogens with one attached hydrogen (secondary N) is 1. The standard InChI is InChI=1S/C21H38NO6PS2/c23-30(24,25)18-12-5-1-3-10-16-29(20-22-21-14-8-7-9-15-21)17-11-4-2-6-13-19-31(26,27)28/h7-9,14-15,22H,1-6,10-13,16-20H2,(H,23,24,25)(H,26,27,28). The van der Waals surface area contributed by atoms with Gasteiger partial charge in [0, 0.05) is 12.0 Å². The second-order valence-corrected chi connectivity index (χ2v) is 13.6. The molecule has 0 saturated carbocycles. The Labute approximate surface area is 189 Å². The molecule has 180 valence electrons. The predicted octanol–water partition coefficient (Wildman–Crippen LogP) is 5.21. The first-order valence-corrected chi connectivity index (χ1v) is 16.2. The van der Waals surface area contributed by atoms with E-state index in [-0.39, 0.29) is 19.4 Å². The molecule has 10 heteroatoms. The molecule has 0 spiro atoms. The van der Waals surface area contributed by atoms with E-state index in [1.165, 1.54) is 12.3 Å². The van der Waals surface area contributed by atoms with E-state index in [1.54, 1.807) is 0 Å². The number of hydrogen-bond donors (Lipinski definition) is 3. The first-order valence-electron chi connectivity index (χ1n) is 11.1. The van der Waals surface area contributed by atoms with Gasteiger partial charge < -0.3 is 5.32 Å². The average molecular weight is 496 g/mol. The van der Waals surface area contributed by atoms with Gasteiger partial charge in [0.05, 0.1) is 11.5 Å². The first-order chi connectivity index (χ1) is 14.7. The molecule has 1 aromatic rings. The van der Waals surface area contributed by atoms with Crippen molar-refractivity contribution in [2.24, 2.45) is 0 Å². The Hall–Kier alpha value is -0.730. The predicted molar refractivity (Wildman–Crippen MR) is 131 cm³/mol. The quantitative estimate of drug-likeness (QED) is 0.137. The maximum Gasteiger partial charge on any atom is 0.264 e. The Morgan fingerprint density at radius 3 is 1.52 bits per heavy atom. The van der Waals surface area contributed by atoms with Gasteiger partial charge in [-0.1, -0.05) is 64.6 Å². The summed E-state index contributed by atoms with van der Waals surface area (Å²) in [6.45, 7) is 0. The summed E-state index contributed by atoms with van der Waals surface area (Å²) in [6.07, 6.45) is 12.4. The summed E-state index contributed by atoms with van der Waals surface area (Å²) in [5.41, 5.74) is 1.13. The molecular weight excluding hydrogens is 457 g/mol. The molecule has 7 nitrogen and oxygen atoms in total. The number of para-hydroxylation sites is 1. The molecule has 0 bridgehead atoms. The Kier molecular flexibility index (Phi) is 14.6. The minimum atomic E-state index is -3.84. The van der Waals surface area contributed by atoms with Crippen molar-refractivity contribution in [2.75, 3.05) is 35.4 Å². The summed E-state index contributed by atoms with van der Waals surface area (Å²) in [7, 11) is -7.83. The lowest BCUT2D eigenvalue weighted by molar-refractivity contribution is 0.477. The van der Waals surface area contributed by atoms with Gasteiger partial charge in [-0.15, -0.1) is 0 Å². The molecule has 0 aliphatic heterocycles. The summed E-state index contributed by atoms with van der Waals surface area (Å²) in [5, 5.41) is 3.54. The number of rotatable bonds is 19. The van der Waals surface area contributed by atoms with Gasteiger partial charge in [0.15, 0.2) is 0 Å². The Morgan fingerprint density at radius 2 is 1.06 bits per heavy atom. The minimum absolute atomic E-state index is 0.148. The monoisotopic (exact) mass is 495 g/mol. The molecule has 0 atom stereocenters.